The summed E-state index contributed by atoms with van der Waals surface area (Å²) in [5.41, 5.74) is 0.725. The molecule has 53 heavy (non-hydrogen) atoms. The van der Waals surface area contributed by atoms with Crippen molar-refractivity contribution in [3.8, 4) is 0 Å². The zero-order chi connectivity index (χ0) is 38.1. The Morgan fingerprint density at radius 1 is 0.849 bits per heavy atom. The number of amides is 3. The first-order valence-corrected chi connectivity index (χ1v) is 18.3. The third-order valence-electron chi connectivity index (χ3n) is 9.74. The van der Waals surface area contributed by atoms with Crippen molar-refractivity contribution in [1.82, 2.24) is 30.5 Å². The minimum absolute atomic E-state index is 0.0356. The summed E-state index contributed by atoms with van der Waals surface area (Å²) in [6.45, 7) is 4.29. The number of carbonyl (C=O) groups excluding carboxylic acids is 3. The first kappa shape index (κ1) is 39.3. The second-order valence-corrected chi connectivity index (χ2v) is 13.6. The van der Waals surface area contributed by atoms with Crippen LogP contribution < -0.4 is 16.0 Å². The molecule has 2 aromatic heterocycles. The van der Waals surface area contributed by atoms with Gasteiger partial charge in [0.15, 0.2) is 11.5 Å². The van der Waals surface area contributed by atoms with E-state index >= 15 is 0 Å². The minimum atomic E-state index is -4.93. The maximum Gasteiger partial charge on any atom is 0.419 e. The van der Waals surface area contributed by atoms with Crippen molar-refractivity contribution in [2.24, 2.45) is 0 Å². The van der Waals surface area contributed by atoms with Gasteiger partial charge in [0.25, 0.3) is 17.7 Å². The van der Waals surface area contributed by atoms with E-state index in [-0.39, 0.29) is 22.9 Å². The van der Waals surface area contributed by atoms with Crippen LogP contribution in [-0.4, -0.2) is 38.9 Å². The van der Waals surface area contributed by atoms with Crippen molar-refractivity contribution < 1.29 is 36.3 Å². The van der Waals surface area contributed by atoms with Gasteiger partial charge in [0.05, 0.1) is 17.8 Å². The summed E-state index contributed by atoms with van der Waals surface area (Å²) in [6, 6.07) is 6.56. The van der Waals surface area contributed by atoms with Crippen LogP contribution in [0.2, 0.25) is 0 Å². The lowest BCUT2D eigenvalue weighted by Crippen LogP contribution is -2.31. The lowest BCUT2D eigenvalue weighted by molar-refractivity contribution is -0.140. The van der Waals surface area contributed by atoms with Gasteiger partial charge in [-0.1, -0.05) is 76.8 Å². The lowest BCUT2D eigenvalue weighted by atomic mass is 9.97. The molecule has 0 saturated heterocycles. The molecule has 0 radical (unpaired) electrons. The molecule has 1 aliphatic carbocycles. The van der Waals surface area contributed by atoms with Crippen LogP contribution >= 0.6 is 0 Å². The number of aromatic nitrogens is 3. The molecule has 9 nitrogen and oxygen atoms in total. The predicted octanol–water partition coefficient (Wildman–Crippen LogP) is 8.33. The molecule has 0 saturated carbocycles. The van der Waals surface area contributed by atoms with Crippen LogP contribution in [0.4, 0.5) is 22.0 Å². The number of nitrogens with zero attached hydrogens (tertiary/aromatic N) is 3. The van der Waals surface area contributed by atoms with Crippen LogP contribution in [0.25, 0.3) is 5.65 Å². The predicted molar refractivity (Wildman–Crippen MR) is 189 cm³/mol. The zero-order valence-corrected chi connectivity index (χ0v) is 30.0. The van der Waals surface area contributed by atoms with Gasteiger partial charge >= 0.3 is 6.18 Å². The molecular formula is C39H45F5N6O3. The lowest BCUT2D eigenvalue weighted by Gasteiger charge is -2.17. The van der Waals surface area contributed by atoms with E-state index in [1.807, 2.05) is 13.0 Å². The highest BCUT2D eigenvalue weighted by atomic mass is 19.4. The van der Waals surface area contributed by atoms with Crippen LogP contribution in [0.5, 0.6) is 0 Å². The number of rotatable bonds is 17. The molecule has 0 spiro atoms. The highest BCUT2D eigenvalue weighted by Crippen LogP contribution is 2.35. The highest BCUT2D eigenvalue weighted by molar-refractivity contribution is 5.99. The second kappa shape index (κ2) is 17.8. The van der Waals surface area contributed by atoms with E-state index in [9.17, 15) is 36.3 Å². The Kier molecular flexibility index (Phi) is 13.2. The minimum Gasteiger partial charge on any atom is -0.352 e. The fourth-order valence-corrected chi connectivity index (χ4v) is 6.80. The topological polar surface area (TPSA) is 117 Å². The number of hydrogen-bond acceptors (Lipinski definition) is 5. The maximum absolute atomic E-state index is 14.6. The molecule has 3 N–H and O–H groups in total. The normalized spacial score (nSPS) is 14.0. The van der Waals surface area contributed by atoms with E-state index < -0.39 is 53.4 Å². The van der Waals surface area contributed by atoms with Crippen LogP contribution in [0, 0.1) is 18.6 Å². The molecule has 3 amide bonds. The average molecular weight is 741 g/mol. The van der Waals surface area contributed by atoms with Crippen molar-refractivity contribution in [3.05, 3.63) is 99.0 Å². The smallest absolute Gasteiger partial charge is 0.352 e. The SMILES string of the molecule is CCCCCCCCCCCCNC(=O)c1ccc2c(c1C)CC[C@@H]2NC(=O)c1cc(C(=O)NCc2ccc(F)c(C(F)(F)F)c2)nc2c(F)cnn12. The number of fused-ring (bicyclic) bond motifs is 2. The van der Waals surface area contributed by atoms with E-state index in [0.717, 1.165) is 58.8 Å². The Labute approximate surface area is 305 Å². The summed E-state index contributed by atoms with van der Waals surface area (Å²) in [7, 11) is 0. The molecule has 0 aliphatic heterocycles. The third kappa shape index (κ3) is 9.76. The van der Waals surface area contributed by atoms with Gasteiger partial charge in [0, 0.05) is 24.7 Å². The first-order valence-electron chi connectivity index (χ1n) is 18.3. The van der Waals surface area contributed by atoms with Gasteiger partial charge < -0.3 is 16.0 Å². The van der Waals surface area contributed by atoms with Crippen LogP contribution in [-0.2, 0) is 19.1 Å². The molecule has 2 aromatic carbocycles. The van der Waals surface area contributed by atoms with Crippen LogP contribution in [0.3, 0.4) is 0 Å². The molecule has 2 heterocycles. The standard InChI is InChI=1S/C39H45F5N6O3/c1-3-4-5-6-7-8-9-10-11-12-19-45-36(51)27-14-15-28-26(24(27)2)16-18-32(28)49-38(53)34-21-33(48-35-31(41)23-47-50(34)35)37(52)46-22-25-13-17-30(40)29(20-25)39(42,43)44/h13-15,17,20-21,23,32H,3-12,16,18-19,22H2,1-2H3,(H,45,51)(H,46,52)(H,49,53)/t32-/m0/s1. The van der Waals surface area contributed by atoms with Gasteiger partial charge in [-0.25, -0.2) is 18.3 Å². The zero-order valence-electron chi connectivity index (χ0n) is 30.0. The monoisotopic (exact) mass is 740 g/mol. The van der Waals surface area contributed by atoms with Gasteiger partial charge in [-0.3, -0.25) is 14.4 Å². The third-order valence-corrected chi connectivity index (χ3v) is 9.74. The second-order valence-electron chi connectivity index (χ2n) is 13.6. The fraction of sp³-hybridized carbons (Fsp3) is 0.462. The largest absolute Gasteiger partial charge is 0.419 e. The van der Waals surface area contributed by atoms with Crippen molar-refractivity contribution >= 4 is 23.4 Å². The molecule has 284 valence electrons. The van der Waals surface area contributed by atoms with Crippen molar-refractivity contribution in [2.75, 3.05) is 6.54 Å². The summed E-state index contributed by atoms with van der Waals surface area (Å²) >= 11 is 0. The Bertz CT molecular complexity index is 1940. The number of nitrogens with one attached hydrogen (secondary N) is 3. The summed E-state index contributed by atoms with van der Waals surface area (Å²) in [5.74, 6) is -4.06. The van der Waals surface area contributed by atoms with E-state index in [1.54, 1.807) is 6.07 Å². The number of unbranched alkanes of at least 4 members (excludes halogenated alkanes) is 9. The Hall–Kier alpha value is -4.88. The molecule has 0 bridgehead atoms. The van der Waals surface area contributed by atoms with E-state index in [0.29, 0.717) is 37.1 Å². The number of alkyl halides is 3. The fourth-order valence-electron chi connectivity index (χ4n) is 6.80. The van der Waals surface area contributed by atoms with E-state index in [2.05, 4.69) is 33.0 Å². The highest BCUT2D eigenvalue weighted by Gasteiger charge is 2.34. The van der Waals surface area contributed by atoms with Gasteiger partial charge in [-0.15, -0.1) is 0 Å². The summed E-state index contributed by atoms with van der Waals surface area (Å²) in [5, 5.41) is 12.3. The molecule has 14 heteroatoms. The Morgan fingerprint density at radius 2 is 1.55 bits per heavy atom. The van der Waals surface area contributed by atoms with Gasteiger partial charge in [0.2, 0.25) is 0 Å². The number of benzene rings is 2. The quantitative estimate of drug-likeness (QED) is 0.0744. The molecule has 0 fully saturated rings. The number of halogens is 5. The molecule has 5 rings (SSSR count). The van der Waals surface area contributed by atoms with Gasteiger partial charge in [0.1, 0.15) is 17.2 Å². The first-order chi connectivity index (χ1) is 25.4. The van der Waals surface area contributed by atoms with Crippen LogP contribution in [0.1, 0.15) is 143 Å². The average Bonchev–Trinajstić information content (AvgIpc) is 3.72. The van der Waals surface area contributed by atoms with Crippen molar-refractivity contribution in [3.63, 3.8) is 0 Å². The van der Waals surface area contributed by atoms with Gasteiger partial charge in [-0.05, 0) is 66.6 Å². The molecular weight excluding hydrogens is 695 g/mol. The number of hydrogen-bond donors (Lipinski definition) is 3. The summed E-state index contributed by atoms with van der Waals surface area (Å²) < 4.78 is 68.8. The Morgan fingerprint density at radius 3 is 2.25 bits per heavy atom. The van der Waals surface area contributed by atoms with E-state index in [4.69, 9.17) is 0 Å². The summed E-state index contributed by atoms with van der Waals surface area (Å²) in [4.78, 5) is 43.7. The number of carbonyl (C=O) groups is 3. The maximum atomic E-state index is 14.6. The molecule has 1 aliphatic rings. The van der Waals surface area contributed by atoms with Crippen molar-refractivity contribution in [1.29, 1.82) is 0 Å². The van der Waals surface area contributed by atoms with Crippen molar-refractivity contribution in [2.45, 2.75) is 110 Å². The van der Waals surface area contributed by atoms with Gasteiger partial charge in [-0.2, -0.15) is 18.3 Å². The molecule has 4 aromatic rings. The Balaban J connectivity index is 1.19. The van der Waals surface area contributed by atoms with E-state index in [1.165, 1.54) is 44.9 Å². The molecule has 1 atom stereocenters. The van der Waals surface area contributed by atoms with Crippen LogP contribution in [0.15, 0.2) is 42.6 Å². The molecule has 0 unspecified atom stereocenters. The summed E-state index contributed by atoms with van der Waals surface area (Å²) in [6.07, 6.45) is 9.19.